The van der Waals surface area contributed by atoms with Gasteiger partial charge in [0.15, 0.2) is 0 Å². The van der Waals surface area contributed by atoms with E-state index in [4.69, 9.17) is 10.5 Å². The van der Waals surface area contributed by atoms with Gasteiger partial charge < -0.3 is 15.4 Å². The fourth-order valence-corrected chi connectivity index (χ4v) is 3.44. The molecule has 1 aliphatic heterocycles. The third-order valence-corrected chi connectivity index (χ3v) is 4.72. The molecule has 0 radical (unpaired) electrons. The molecule has 0 aromatic heterocycles. The molecule has 0 aliphatic carbocycles. The van der Waals surface area contributed by atoms with Gasteiger partial charge in [0.05, 0.1) is 6.61 Å². The molecule has 0 saturated carbocycles. The fraction of sp³-hybridized carbons (Fsp3) is 0.667. The highest BCUT2D eigenvalue weighted by Crippen LogP contribution is 2.33. The summed E-state index contributed by atoms with van der Waals surface area (Å²) in [4.78, 5) is 2.57. The van der Waals surface area contributed by atoms with Gasteiger partial charge in [-0.05, 0) is 82.8 Å². The summed E-state index contributed by atoms with van der Waals surface area (Å²) in [7, 11) is 0. The molecule has 0 bridgehead atoms. The number of ether oxygens (including phenoxy) is 1. The van der Waals surface area contributed by atoms with E-state index in [1.165, 1.54) is 31.5 Å². The Morgan fingerprint density at radius 3 is 2.57 bits per heavy atom. The summed E-state index contributed by atoms with van der Waals surface area (Å²) in [6.07, 6.45) is 2.50. The van der Waals surface area contributed by atoms with Gasteiger partial charge in [-0.3, -0.25) is 0 Å². The molecule has 1 unspecified atom stereocenters. The number of piperidine rings is 1. The van der Waals surface area contributed by atoms with E-state index in [9.17, 15) is 0 Å². The van der Waals surface area contributed by atoms with Gasteiger partial charge in [0, 0.05) is 6.04 Å². The Bertz CT molecular complexity index is 425. The van der Waals surface area contributed by atoms with Crippen molar-refractivity contribution in [2.24, 2.45) is 11.7 Å². The van der Waals surface area contributed by atoms with Gasteiger partial charge in [-0.25, -0.2) is 0 Å². The number of hydrogen-bond donors (Lipinski definition) is 1. The van der Waals surface area contributed by atoms with Gasteiger partial charge in [-0.15, -0.1) is 0 Å². The number of benzene rings is 1. The van der Waals surface area contributed by atoms with Crippen molar-refractivity contribution in [1.29, 1.82) is 0 Å². The van der Waals surface area contributed by atoms with Crippen molar-refractivity contribution in [2.45, 2.75) is 45.6 Å². The maximum absolute atomic E-state index is 6.10. The summed E-state index contributed by atoms with van der Waals surface area (Å²) >= 11 is 0. The lowest BCUT2D eigenvalue weighted by Crippen LogP contribution is -2.40. The first-order chi connectivity index (χ1) is 10.2. The van der Waals surface area contributed by atoms with Crippen LogP contribution in [0.2, 0.25) is 0 Å². The quantitative estimate of drug-likeness (QED) is 0.874. The van der Waals surface area contributed by atoms with Gasteiger partial charge in [0.2, 0.25) is 0 Å². The summed E-state index contributed by atoms with van der Waals surface area (Å²) in [5.74, 6) is 2.12. The first-order valence-electron chi connectivity index (χ1n) is 8.32. The van der Waals surface area contributed by atoms with Gasteiger partial charge in [-0.2, -0.15) is 0 Å². The van der Waals surface area contributed by atoms with Crippen LogP contribution in [0.3, 0.4) is 0 Å². The number of nitrogens with zero attached hydrogens (tertiary/aromatic N) is 1. The van der Waals surface area contributed by atoms with E-state index in [0.29, 0.717) is 24.5 Å². The van der Waals surface area contributed by atoms with Crippen LogP contribution in [0.25, 0.3) is 0 Å². The van der Waals surface area contributed by atoms with Crippen molar-refractivity contribution in [2.75, 3.05) is 26.2 Å². The molecule has 0 spiro atoms. The van der Waals surface area contributed by atoms with E-state index in [1.807, 2.05) is 13.0 Å². The molecular weight excluding hydrogens is 260 g/mol. The summed E-state index contributed by atoms with van der Waals surface area (Å²) in [5.41, 5.74) is 7.44. The first kappa shape index (κ1) is 16.3. The van der Waals surface area contributed by atoms with Crippen LogP contribution >= 0.6 is 0 Å². The van der Waals surface area contributed by atoms with Crippen LogP contribution in [0, 0.1) is 5.92 Å². The number of likely N-dealkylation sites (tertiary alicyclic amines) is 1. The number of rotatable bonds is 6. The topological polar surface area (TPSA) is 38.5 Å². The second kappa shape index (κ2) is 7.81. The van der Waals surface area contributed by atoms with Gasteiger partial charge in [0.1, 0.15) is 5.75 Å². The second-order valence-electron chi connectivity index (χ2n) is 6.31. The molecule has 1 aromatic carbocycles. The molecule has 1 aliphatic rings. The van der Waals surface area contributed by atoms with Crippen molar-refractivity contribution in [3.8, 4) is 5.75 Å². The van der Waals surface area contributed by atoms with Gasteiger partial charge in [-0.1, -0.05) is 12.1 Å². The van der Waals surface area contributed by atoms with E-state index in [-0.39, 0.29) is 0 Å². The highest BCUT2D eigenvalue weighted by atomic mass is 16.5. The molecule has 3 heteroatoms. The van der Waals surface area contributed by atoms with Crippen molar-refractivity contribution in [3.05, 3.63) is 29.8 Å². The highest BCUT2D eigenvalue weighted by Gasteiger charge is 2.27. The molecule has 1 aromatic rings. The third-order valence-electron chi connectivity index (χ3n) is 4.72. The molecule has 1 fully saturated rings. The third kappa shape index (κ3) is 4.21. The summed E-state index contributed by atoms with van der Waals surface area (Å²) in [5, 5.41) is 0. The Morgan fingerprint density at radius 1 is 1.29 bits per heavy atom. The Labute approximate surface area is 129 Å². The van der Waals surface area contributed by atoms with Crippen molar-refractivity contribution in [3.63, 3.8) is 0 Å². The van der Waals surface area contributed by atoms with Gasteiger partial charge >= 0.3 is 0 Å². The number of hydrogen-bond acceptors (Lipinski definition) is 3. The molecule has 3 nitrogen and oxygen atoms in total. The number of nitrogens with two attached hydrogens (primary N) is 1. The Morgan fingerprint density at radius 2 is 2.00 bits per heavy atom. The maximum atomic E-state index is 6.10. The molecule has 2 N–H and O–H groups in total. The molecule has 1 saturated heterocycles. The normalized spacial score (nSPS) is 18.9. The fourth-order valence-electron chi connectivity index (χ4n) is 3.44. The Balaban J connectivity index is 2.04. The molecule has 21 heavy (non-hydrogen) atoms. The van der Waals surface area contributed by atoms with Crippen LogP contribution < -0.4 is 10.5 Å². The predicted octanol–water partition coefficient (Wildman–Crippen LogP) is 3.25. The average Bonchev–Trinajstić information content (AvgIpc) is 2.49. The van der Waals surface area contributed by atoms with Crippen LogP contribution in [-0.4, -0.2) is 37.2 Å². The van der Waals surface area contributed by atoms with Crippen LogP contribution in [0.15, 0.2) is 24.3 Å². The second-order valence-corrected chi connectivity index (χ2v) is 6.31. The van der Waals surface area contributed by atoms with Crippen LogP contribution in [0.4, 0.5) is 0 Å². The minimum absolute atomic E-state index is 0.458. The first-order valence-corrected chi connectivity index (χ1v) is 8.32. The summed E-state index contributed by atoms with van der Waals surface area (Å²) < 4.78 is 5.63. The standard InChI is InChI=1S/C18H30N2O/c1-4-21-17-7-5-6-16(12-17)18(13-19)15-8-10-20(11-9-15)14(2)3/h5-7,12,14-15,18H,4,8-11,13,19H2,1-3H3. The minimum Gasteiger partial charge on any atom is -0.494 e. The highest BCUT2D eigenvalue weighted by molar-refractivity contribution is 5.31. The summed E-state index contributed by atoms with van der Waals surface area (Å²) in [6, 6.07) is 9.15. The van der Waals surface area contributed by atoms with Crippen molar-refractivity contribution in [1.82, 2.24) is 4.90 Å². The molecular formula is C18H30N2O. The molecule has 2 rings (SSSR count). The monoisotopic (exact) mass is 290 g/mol. The zero-order valence-electron chi connectivity index (χ0n) is 13.7. The smallest absolute Gasteiger partial charge is 0.119 e. The summed E-state index contributed by atoms with van der Waals surface area (Å²) in [6.45, 7) is 10.4. The Kier molecular flexibility index (Phi) is 6.07. The van der Waals surface area contributed by atoms with Crippen LogP contribution in [0.1, 0.15) is 45.1 Å². The predicted molar refractivity (Wildman–Crippen MR) is 88.8 cm³/mol. The van der Waals surface area contributed by atoms with Gasteiger partial charge in [0.25, 0.3) is 0 Å². The zero-order valence-corrected chi connectivity index (χ0v) is 13.7. The largest absolute Gasteiger partial charge is 0.494 e. The Hall–Kier alpha value is -1.06. The van der Waals surface area contributed by atoms with Crippen molar-refractivity contribution < 1.29 is 4.74 Å². The van der Waals surface area contributed by atoms with E-state index >= 15 is 0 Å². The molecule has 1 atom stereocenters. The van der Waals surface area contributed by atoms with E-state index in [2.05, 4.69) is 36.9 Å². The lowest BCUT2D eigenvalue weighted by molar-refractivity contribution is 0.138. The van der Waals surface area contributed by atoms with Crippen LogP contribution in [-0.2, 0) is 0 Å². The van der Waals surface area contributed by atoms with Crippen molar-refractivity contribution >= 4 is 0 Å². The molecule has 1 heterocycles. The average molecular weight is 290 g/mol. The van der Waals surface area contributed by atoms with Crippen LogP contribution in [0.5, 0.6) is 5.75 Å². The zero-order chi connectivity index (χ0) is 15.2. The lowest BCUT2D eigenvalue weighted by atomic mass is 9.80. The SMILES string of the molecule is CCOc1cccc(C(CN)C2CCN(C(C)C)CC2)c1. The molecule has 0 amide bonds. The van der Waals surface area contributed by atoms with E-state index in [0.717, 1.165) is 12.3 Å². The maximum Gasteiger partial charge on any atom is 0.119 e. The molecule has 118 valence electrons. The van der Waals surface area contributed by atoms with E-state index < -0.39 is 0 Å². The lowest BCUT2D eigenvalue weighted by Gasteiger charge is -2.38. The minimum atomic E-state index is 0.458. The van der Waals surface area contributed by atoms with E-state index in [1.54, 1.807) is 0 Å².